The fraction of sp³-hybridized carbons (Fsp3) is 0.750. The molecule has 0 aromatic rings. The molecule has 0 heterocycles. The minimum absolute atomic E-state index is 0.436. The largest absolute Gasteiger partial charge is 0.499 e. The Morgan fingerprint density at radius 2 is 1.90 bits per heavy atom. The summed E-state index contributed by atoms with van der Waals surface area (Å²) in [7, 11) is 0. The molecule has 0 aromatic carbocycles. The highest BCUT2D eigenvalue weighted by Crippen LogP contribution is 2.25. The van der Waals surface area contributed by atoms with Crippen molar-refractivity contribution in [3.8, 4) is 0 Å². The van der Waals surface area contributed by atoms with Crippen molar-refractivity contribution in [2.24, 2.45) is 0 Å². The quantitative estimate of drug-likeness (QED) is 0.497. The maximum absolute atomic E-state index is 5.27. The van der Waals surface area contributed by atoms with E-state index in [1.54, 1.807) is 6.26 Å². The van der Waals surface area contributed by atoms with E-state index < -0.39 is 0 Å². The van der Waals surface area contributed by atoms with Crippen molar-refractivity contribution < 1.29 is 4.74 Å². The smallest absolute Gasteiger partial charge is 0.0978 e. The van der Waals surface area contributed by atoms with Gasteiger partial charge in [-0.3, -0.25) is 0 Å². The highest BCUT2D eigenvalue weighted by Gasteiger charge is 2.18. The molecule has 0 spiro atoms. The number of hydrogen-bond donors (Lipinski definition) is 0. The minimum atomic E-state index is 0.436. The lowest BCUT2D eigenvalue weighted by molar-refractivity contribution is 0.109. The van der Waals surface area contributed by atoms with Crippen LogP contribution in [-0.4, -0.2) is 10.9 Å². The molecule has 10 heavy (non-hydrogen) atoms. The first kappa shape index (κ1) is 8.12. The van der Waals surface area contributed by atoms with Crippen LogP contribution in [0.5, 0.6) is 0 Å². The summed E-state index contributed by atoms with van der Waals surface area (Å²) in [6.45, 7) is 3.54. The topological polar surface area (TPSA) is 9.23 Å². The van der Waals surface area contributed by atoms with Crippen LogP contribution in [0.15, 0.2) is 12.8 Å². The van der Waals surface area contributed by atoms with Crippen molar-refractivity contribution in [1.82, 2.24) is 0 Å². The Morgan fingerprint density at radius 1 is 1.30 bits per heavy atom. The van der Waals surface area contributed by atoms with Crippen LogP contribution in [-0.2, 0) is 4.74 Å². The van der Waals surface area contributed by atoms with E-state index in [9.17, 15) is 0 Å². The van der Waals surface area contributed by atoms with Crippen LogP contribution in [0.2, 0.25) is 0 Å². The lowest BCUT2D eigenvalue weighted by Crippen LogP contribution is -2.19. The molecule has 0 atom stereocenters. The first-order valence-electron chi connectivity index (χ1n) is 3.73. The Labute approximate surface area is 70.6 Å². The van der Waals surface area contributed by atoms with Crippen molar-refractivity contribution in [2.45, 2.75) is 36.6 Å². The van der Waals surface area contributed by atoms with Crippen molar-refractivity contribution in [3.63, 3.8) is 0 Å². The summed E-state index contributed by atoms with van der Waals surface area (Å²) in [4.78, 5) is 0.720. The van der Waals surface area contributed by atoms with E-state index in [0.717, 1.165) is 4.83 Å². The van der Waals surface area contributed by atoms with Gasteiger partial charge in [0.1, 0.15) is 0 Å². The number of hydrogen-bond acceptors (Lipinski definition) is 1. The van der Waals surface area contributed by atoms with Gasteiger partial charge in [-0.25, -0.2) is 0 Å². The van der Waals surface area contributed by atoms with Gasteiger partial charge in [-0.1, -0.05) is 22.5 Å². The third kappa shape index (κ3) is 2.33. The highest BCUT2D eigenvalue weighted by atomic mass is 79.9. The number of alkyl halides is 1. The summed E-state index contributed by atoms with van der Waals surface area (Å²) < 4.78 is 5.27. The molecule has 2 heteroatoms. The van der Waals surface area contributed by atoms with Gasteiger partial charge < -0.3 is 4.74 Å². The van der Waals surface area contributed by atoms with Gasteiger partial charge in [0, 0.05) is 4.83 Å². The monoisotopic (exact) mass is 204 g/mol. The second kappa shape index (κ2) is 4.02. The van der Waals surface area contributed by atoms with E-state index in [-0.39, 0.29) is 0 Å². The van der Waals surface area contributed by atoms with Gasteiger partial charge in [0.15, 0.2) is 0 Å². The molecule has 0 radical (unpaired) electrons. The average molecular weight is 205 g/mol. The zero-order valence-electron chi connectivity index (χ0n) is 6.05. The molecule has 0 N–H and O–H groups in total. The van der Waals surface area contributed by atoms with Crippen LogP contribution < -0.4 is 0 Å². The molecule has 0 saturated heterocycles. The molecule has 0 amide bonds. The number of halogens is 1. The van der Waals surface area contributed by atoms with Crippen molar-refractivity contribution >= 4 is 15.9 Å². The van der Waals surface area contributed by atoms with Crippen molar-refractivity contribution in [3.05, 3.63) is 12.8 Å². The van der Waals surface area contributed by atoms with E-state index in [1.807, 2.05) is 0 Å². The lowest BCUT2D eigenvalue weighted by Gasteiger charge is -2.24. The Bertz CT molecular complexity index is 106. The van der Waals surface area contributed by atoms with Crippen LogP contribution >= 0.6 is 15.9 Å². The van der Waals surface area contributed by atoms with Gasteiger partial charge in [-0.2, -0.15) is 0 Å². The summed E-state index contributed by atoms with van der Waals surface area (Å²) in [6.07, 6.45) is 6.80. The third-order valence-electron chi connectivity index (χ3n) is 1.89. The first-order valence-corrected chi connectivity index (χ1v) is 4.65. The van der Waals surface area contributed by atoms with E-state index in [2.05, 4.69) is 22.5 Å². The molecule has 0 aliphatic heterocycles. The van der Waals surface area contributed by atoms with Crippen LogP contribution in [0.25, 0.3) is 0 Å². The molecular weight excluding hydrogens is 192 g/mol. The van der Waals surface area contributed by atoms with E-state index >= 15 is 0 Å². The van der Waals surface area contributed by atoms with Gasteiger partial charge in [0.05, 0.1) is 12.4 Å². The van der Waals surface area contributed by atoms with Crippen LogP contribution in [0, 0.1) is 0 Å². The second-order valence-corrected chi connectivity index (χ2v) is 3.97. The highest BCUT2D eigenvalue weighted by molar-refractivity contribution is 9.09. The molecule has 58 valence electrons. The molecule has 1 aliphatic rings. The Hall–Kier alpha value is 0.0200. The van der Waals surface area contributed by atoms with Crippen LogP contribution in [0.3, 0.4) is 0 Å². The molecule has 1 fully saturated rings. The molecule has 0 aromatic heterocycles. The minimum Gasteiger partial charge on any atom is -0.499 e. The fourth-order valence-electron chi connectivity index (χ4n) is 1.29. The molecule has 1 aliphatic carbocycles. The van der Waals surface area contributed by atoms with Gasteiger partial charge in [-0.15, -0.1) is 0 Å². The summed E-state index contributed by atoms with van der Waals surface area (Å²) in [5.74, 6) is 0. The Balaban J connectivity index is 2.19. The molecule has 1 rings (SSSR count). The lowest BCUT2D eigenvalue weighted by atomic mass is 9.98. The zero-order valence-corrected chi connectivity index (χ0v) is 7.64. The van der Waals surface area contributed by atoms with Gasteiger partial charge in [-0.05, 0) is 25.7 Å². The number of rotatable bonds is 2. The van der Waals surface area contributed by atoms with Crippen molar-refractivity contribution in [2.75, 3.05) is 0 Å². The number of ether oxygens (including phenoxy) is 1. The van der Waals surface area contributed by atoms with Crippen LogP contribution in [0.1, 0.15) is 25.7 Å². The maximum Gasteiger partial charge on any atom is 0.0978 e. The van der Waals surface area contributed by atoms with E-state index in [1.165, 1.54) is 25.7 Å². The molecule has 1 nitrogen and oxygen atoms in total. The molecule has 1 saturated carbocycles. The average Bonchev–Trinajstić information content (AvgIpc) is 1.95. The predicted octanol–water partition coefficient (Wildman–Crippen LogP) is 2.85. The summed E-state index contributed by atoms with van der Waals surface area (Å²) in [5.41, 5.74) is 0. The first-order chi connectivity index (χ1) is 4.83. The Morgan fingerprint density at radius 3 is 2.40 bits per heavy atom. The predicted molar refractivity (Wildman–Crippen MR) is 46.3 cm³/mol. The Kier molecular flexibility index (Phi) is 3.26. The summed E-state index contributed by atoms with van der Waals surface area (Å²) in [5, 5.41) is 0. The van der Waals surface area contributed by atoms with Crippen molar-refractivity contribution in [1.29, 1.82) is 0 Å². The van der Waals surface area contributed by atoms with Crippen LogP contribution in [0.4, 0.5) is 0 Å². The van der Waals surface area contributed by atoms with E-state index in [0.29, 0.717) is 6.10 Å². The molecule has 0 unspecified atom stereocenters. The third-order valence-corrected chi connectivity index (χ3v) is 2.81. The maximum atomic E-state index is 5.27. The standard InChI is InChI=1S/C8H13BrO/c1-2-10-8-5-3-7(9)4-6-8/h2,7-8H,1,3-6H2. The van der Waals surface area contributed by atoms with Gasteiger partial charge >= 0.3 is 0 Å². The zero-order chi connectivity index (χ0) is 7.40. The van der Waals surface area contributed by atoms with Gasteiger partial charge in [0.2, 0.25) is 0 Å². The normalized spacial score (nSPS) is 33.3. The van der Waals surface area contributed by atoms with E-state index in [4.69, 9.17) is 4.74 Å². The molecule has 0 bridgehead atoms. The second-order valence-electron chi connectivity index (χ2n) is 2.68. The summed E-state index contributed by atoms with van der Waals surface area (Å²) in [6, 6.07) is 0. The summed E-state index contributed by atoms with van der Waals surface area (Å²) >= 11 is 3.59. The molecular formula is C8H13BrO. The van der Waals surface area contributed by atoms with Gasteiger partial charge in [0.25, 0.3) is 0 Å². The SMILES string of the molecule is C=COC1CCC(Br)CC1. The fourth-order valence-corrected chi connectivity index (χ4v) is 1.82.